The number of amides is 2. The number of benzene rings is 1. The van der Waals surface area contributed by atoms with Crippen molar-refractivity contribution in [1.82, 2.24) is 19.8 Å². The van der Waals surface area contributed by atoms with Crippen LogP contribution in [0.4, 0.5) is 10.3 Å². The van der Waals surface area contributed by atoms with Crippen LogP contribution in [0.15, 0.2) is 24.4 Å². The number of rotatable bonds is 5. The number of hydrogen-bond donors (Lipinski definition) is 1. The monoisotopic (exact) mass is 455 g/mol. The molecular weight excluding hydrogens is 425 g/mol. The molecule has 1 fully saturated rings. The number of nitrogens with zero attached hydrogens (tertiary/aromatic N) is 4. The topological polar surface area (TPSA) is 87.7 Å². The van der Waals surface area contributed by atoms with Crippen molar-refractivity contribution >= 4 is 17.8 Å². The summed E-state index contributed by atoms with van der Waals surface area (Å²) >= 11 is 0. The largest absolute Gasteiger partial charge is 0.381 e. The van der Waals surface area contributed by atoms with E-state index in [0.29, 0.717) is 36.8 Å². The second kappa shape index (κ2) is 9.05. The summed E-state index contributed by atoms with van der Waals surface area (Å²) in [4.78, 5) is 37.2. The van der Waals surface area contributed by atoms with Crippen LogP contribution >= 0.6 is 0 Å². The van der Waals surface area contributed by atoms with E-state index in [9.17, 15) is 14.0 Å². The third kappa shape index (κ3) is 4.98. The summed E-state index contributed by atoms with van der Waals surface area (Å²) in [7, 11) is 1.73. The van der Waals surface area contributed by atoms with E-state index < -0.39 is 5.82 Å². The molecule has 0 atom stereocenters. The number of carbonyl (C=O) groups is 2. The second-order valence-electron chi connectivity index (χ2n) is 9.58. The molecule has 1 N–H and O–H groups in total. The molecule has 1 aromatic carbocycles. The van der Waals surface area contributed by atoms with Gasteiger partial charge in [0.05, 0.1) is 6.20 Å². The van der Waals surface area contributed by atoms with Crippen molar-refractivity contribution in [3.8, 4) is 11.3 Å². The van der Waals surface area contributed by atoms with E-state index in [1.54, 1.807) is 30.1 Å². The summed E-state index contributed by atoms with van der Waals surface area (Å²) in [6.07, 6.45) is 2.82. The molecule has 2 aliphatic rings. The molecule has 0 unspecified atom stereocenters. The lowest BCUT2D eigenvalue weighted by Crippen LogP contribution is -2.47. The van der Waals surface area contributed by atoms with Gasteiger partial charge < -0.3 is 19.9 Å². The highest BCUT2D eigenvalue weighted by atomic mass is 19.1. The Hall–Kier alpha value is -3.07. The quantitative estimate of drug-likeness (QED) is 0.746. The molecule has 4 rings (SSSR count). The highest BCUT2D eigenvalue weighted by Crippen LogP contribution is 2.29. The van der Waals surface area contributed by atoms with E-state index in [1.807, 2.05) is 20.8 Å². The molecule has 176 valence electrons. The lowest BCUT2D eigenvalue weighted by molar-refractivity contribution is -0.134. The van der Waals surface area contributed by atoms with Crippen LogP contribution in [0, 0.1) is 5.82 Å². The first-order valence-corrected chi connectivity index (χ1v) is 11.2. The molecule has 3 heterocycles. The van der Waals surface area contributed by atoms with Gasteiger partial charge in [-0.05, 0) is 45.2 Å². The van der Waals surface area contributed by atoms with Gasteiger partial charge in [0.2, 0.25) is 11.9 Å². The van der Waals surface area contributed by atoms with Gasteiger partial charge in [-0.1, -0.05) is 12.1 Å². The van der Waals surface area contributed by atoms with Crippen molar-refractivity contribution in [2.24, 2.45) is 0 Å². The van der Waals surface area contributed by atoms with Crippen LogP contribution in [0.5, 0.6) is 0 Å². The maximum atomic E-state index is 14.6. The van der Waals surface area contributed by atoms with E-state index in [-0.39, 0.29) is 35.6 Å². The van der Waals surface area contributed by atoms with Crippen molar-refractivity contribution < 1.29 is 18.7 Å². The molecule has 0 radical (unpaired) electrons. The number of nitrogens with one attached hydrogen (secondary N) is 1. The van der Waals surface area contributed by atoms with Crippen molar-refractivity contribution in [3.63, 3.8) is 0 Å². The normalized spacial score (nSPS) is 16.6. The minimum Gasteiger partial charge on any atom is -0.381 e. The maximum absolute atomic E-state index is 14.6. The van der Waals surface area contributed by atoms with Crippen molar-refractivity contribution in [2.75, 3.05) is 32.1 Å². The Balaban J connectivity index is 1.52. The highest BCUT2D eigenvalue weighted by molar-refractivity contribution is 6.01. The fourth-order valence-corrected chi connectivity index (χ4v) is 3.94. The van der Waals surface area contributed by atoms with Gasteiger partial charge >= 0.3 is 0 Å². The predicted octanol–water partition coefficient (Wildman–Crippen LogP) is 3.09. The molecule has 8 nitrogen and oxygen atoms in total. The first-order valence-electron chi connectivity index (χ1n) is 11.2. The van der Waals surface area contributed by atoms with E-state index >= 15 is 0 Å². The van der Waals surface area contributed by atoms with Crippen LogP contribution in [0.3, 0.4) is 0 Å². The van der Waals surface area contributed by atoms with E-state index in [0.717, 1.165) is 24.6 Å². The Morgan fingerprint density at radius 3 is 2.73 bits per heavy atom. The van der Waals surface area contributed by atoms with Crippen molar-refractivity contribution in [2.45, 2.75) is 51.7 Å². The van der Waals surface area contributed by atoms with Crippen molar-refractivity contribution in [3.05, 3.63) is 41.3 Å². The van der Waals surface area contributed by atoms with Crippen LogP contribution in [-0.4, -0.2) is 70.0 Å². The van der Waals surface area contributed by atoms with Gasteiger partial charge in [0, 0.05) is 49.5 Å². The number of hydrogen-bond acceptors (Lipinski definition) is 6. The highest BCUT2D eigenvalue weighted by Gasteiger charge is 2.32. The first kappa shape index (κ1) is 23.1. The fourth-order valence-electron chi connectivity index (χ4n) is 3.94. The third-order valence-corrected chi connectivity index (χ3v) is 6.27. The van der Waals surface area contributed by atoms with Gasteiger partial charge in [-0.3, -0.25) is 9.59 Å². The number of carbonyl (C=O) groups excluding carboxylic acids is 2. The summed E-state index contributed by atoms with van der Waals surface area (Å²) < 4.78 is 20.0. The first-order chi connectivity index (χ1) is 15.6. The SMILES string of the molecule is CN(C(=O)CN1Cc2ccc(-c3nc(NC4CCOCC4)ncc3F)cc2C1=O)C(C)(C)C. The van der Waals surface area contributed by atoms with Crippen LogP contribution in [0.1, 0.15) is 49.5 Å². The molecular formula is C24H30FN5O3. The van der Waals surface area contributed by atoms with Crippen LogP contribution in [0.2, 0.25) is 0 Å². The van der Waals surface area contributed by atoms with Gasteiger partial charge in [0.1, 0.15) is 12.2 Å². The molecule has 0 saturated carbocycles. The standard InChI is InChI=1S/C24H30FN5O3/c1-24(2,3)29(4)20(31)14-30-13-16-6-5-15(11-18(16)22(30)32)21-19(25)12-26-23(28-21)27-17-7-9-33-10-8-17/h5-6,11-12,17H,7-10,13-14H2,1-4H3,(H,26,27,28). The molecule has 2 aromatic rings. The fraction of sp³-hybridized carbons (Fsp3) is 0.500. The number of halogens is 1. The van der Waals surface area contributed by atoms with E-state index in [2.05, 4.69) is 15.3 Å². The Kier molecular flexibility index (Phi) is 6.34. The van der Waals surface area contributed by atoms with E-state index in [1.165, 1.54) is 4.90 Å². The number of likely N-dealkylation sites (N-methyl/N-ethyl adjacent to an activating group) is 1. The minimum atomic E-state index is -0.559. The molecule has 1 aromatic heterocycles. The molecule has 0 aliphatic carbocycles. The Bertz CT molecular complexity index is 1060. The second-order valence-corrected chi connectivity index (χ2v) is 9.58. The average Bonchev–Trinajstić information content (AvgIpc) is 3.09. The number of ether oxygens (including phenoxy) is 1. The Morgan fingerprint density at radius 2 is 2.03 bits per heavy atom. The van der Waals surface area contributed by atoms with Gasteiger partial charge in [-0.25, -0.2) is 14.4 Å². The third-order valence-electron chi connectivity index (χ3n) is 6.27. The van der Waals surface area contributed by atoms with E-state index in [4.69, 9.17) is 4.74 Å². The predicted molar refractivity (Wildman–Crippen MR) is 122 cm³/mol. The summed E-state index contributed by atoms with van der Waals surface area (Å²) in [6.45, 7) is 7.52. The lowest BCUT2D eigenvalue weighted by Gasteiger charge is -2.33. The molecule has 2 aliphatic heterocycles. The Labute approximate surface area is 193 Å². The molecule has 9 heteroatoms. The maximum Gasteiger partial charge on any atom is 0.254 e. The van der Waals surface area contributed by atoms with Crippen LogP contribution in [0.25, 0.3) is 11.3 Å². The minimum absolute atomic E-state index is 0.00233. The lowest BCUT2D eigenvalue weighted by atomic mass is 10.0. The zero-order valence-corrected chi connectivity index (χ0v) is 19.5. The zero-order valence-electron chi connectivity index (χ0n) is 19.5. The summed E-state index contributed by atoms with van der Waals surface area (Å²) in [5, 5.41) is 3.24. The number of aromatic nitrogens is 2. The van der Waals surface area contributed by atoms with Crippen molar-refractivity contribution in [1.29, 1.82) is 0 Å². The Morgan fingerprint density at radius 1 is 1.30 bits per heavy atom. The number of fused-ring (bicyclic) bond motifs is 1. The molecule has 2 amide bonds. The average molecular weight is 456 g/mol. The molecule has 0 spiro atoms. The van der Waals surface area contributed by atoms with Gasteiger partial charge in [0.25, 0.3) is 5.91 Å². The zero-order chi connectivity index (χ0) is 23.8. The van der Waals surface area contributed by atoms with Gasteiger partial charge in [-0.2, -0.15) is 0 Å². The summed E-state index contributed by atoms with van der Waals surface area (Å²) in [6, 6.07) is 5.38. The van der Waals surface area contributed by atoms with Gasteiger partial charge in [0.15, 0.2) is 5.82 Å². The molecule has 33 heavy (non-hydrogen) atoms. The number of anilines is 1. The van der Waals surface area contributed by atoms with Gasteiger partial charge in [-0.15, -0.1) is 0 Å². The molecule has 1 saturated heterocycles. The summed E-state index contributed by atoms with van der Waals surface area (Å²) in [5.74, 6) is -0.577. The smallest absolute Gasteiger partial charge is 0.254 e. The molecule has 0 bridgehead atoms. The van der Waals surface area contributed by atoms with Crippen LogP contribution in [-0.2, 0) is 16.1 Å². The summed E-state index contributed by atoms with van der Waals surface area (Å²) in [5.41, 5.74) is 1.58. The van der Waals surface area contributed by atoms with Crippen LogP contribution < -0.4 is 5.32 Å².